The van der Waals surface area contributed by atoms with Crippen molar-refractivity contribution in [3.05, 3.63) is 23.8 Å². The Balaban J connectivity index is 3.21. The van der Waals surface area contributed by atoms with Crippen molar-refractivity contribution >= 4 is 0 Å². The zero-order valence-corrected chi connectivity index (χ0v) is 9.91. The molecule has 3 heteroatoms. The Morgan fingerprint density at radius 3 is 2.25 bits per heavy atom. The summed E-state index contributed by atoms with van der Waals surface area (Å²) in [4.78, 5) is 0. The lowest BCUT2D eigenvalue weighted by Gasteiger charge is -2.18. The monoisotopic (exact) mass is 219 g/mol. The Morgan fingerprint density at radius 2 is 1.88 bits per heavy atom. The third kappa shape index (κ3) is 2.47. The molecule has 16 heavy (non-hydrogen) atoms. The molecule has 0 saturated heterocycles. The summed E-state index contributed by atoms with van der Waals surface area (Å²) in [5.41, 5.74) is 0.872. The number of nitrogens with one attached hydrogen (secondary N) is 1. The Bertz CT molecular complexity index is 360. The number of methoxy groups -OCH3 is 2. The van der Waals surface area contributed by atoms with E-state index in [9.17, 15) is 0 Å². The van der Waals surface area contributed by atoms with E-state index in [2.05, 4.69) is 11.2 Å². The highest BCUT2D eigenvalue weighted by Gasteiger charge is 2.17. The molecule has 0 radical (unpaired) electrons. The highest BCUT2D eigenvalue weighted by Crippen LogP contribution is 2.33. The van der Waals surface area contributed by atoms with Crippen LogP contribution in [0.3, 0.4) is 0 Å². The Morgan fingerprint density at radius 1 is 1.31 bits per heavy atom. The summed E-state index contributed by atoms with van der Waals surface area (Å²) in [6.07, 6.45) is 5.51. The summed E-state index contributed by atoms with van der Waals surface area (Å²) in [6.45, 7) is 2.79. The van der Waals surface area contributed by atoms with Crippen LogP contribution in [0, 0.1) is 12.3 Å². The molecule has 0 spiro atoms. The van der Waals surface area contributed by atoms with E-state index in [0.717, 1.165) is 23.6 Å². The normalized spacial score (nSPS) is 11.6. The third-order valence-corrected chi connectivity index (χ3v) is 2.33. The predicted molar refractivity (Wildman–Crippen MR) is 64.8 cm³/mol. The SMILES string of the molecule is C#CC(NCC)c1c(OC)cccc1OC. The van der Waals surface area contributed by atoms with Gasteiger partial charge in [-0.2, -0.15) is 0 Å². The van der Waals surface area contributed by atoms with Crippen molar-refractivity contribution < 1.29 is 9.47 Å². The van der Waals surface area contributed by atoms with Crippen LogP contribution in [0.1, 0.15) is 18.5 Å². The van der Waals surface area contributed by atoms with E-state index in [-0.39, 0.29) is 6.04 Å². The summed E-state index contributed by atoms with van der Waals surface area (Å²) >= 11 is 0. The predicted octanol–water partition coefficient (Wildman–Crippen LogP) is 1.99. The van der Waals surface area contributed by atoms with E-state index < -0.39 is 0 Å². The van der Waals surface area contributed by atoms with E-state index in [0.29, 0.717) is 0 Å². The maximum Gasteiger partial charge on any atom is 0.128 e. The largest absolute Gasteiger partial charge is 0.496 e. The van der Waals surface area contributed by atoms with E-state index in [1.807, 2.05) is 25.1 Å². The first-order valence-corrected chi connectivity index (χ1v) is 5.18. The zero-order valence-electron chi connectivity index (χ0n) is 9.91. The Labute approximate surface area is 96.8 Å². The topological polar surface area (TPSA) is 30.5 Å². The number of ether oxygens (including phenoxy) is 2. The van der Waals surface area contributed by atoms with Crippen LogP contribution in [0.2, 0.25) is 0 Å². The van der Waals surface area contributed by atoms with Crippen molar-refractivity contribution in [2.45, 2.75) is 13.0 Å². The van der Waals surface area contributed by atoms with E-state index >= 15 is 0 Å². The standard InChI is InChI=1S/C13H17NO2/c1-5-10(14-6-2)13-11(15-3)8-7-9-12(13)16-4/h1,7-10,14H,6H2,2-4H3. The van der Waals surface area contributed by atoms with Crippen molar-refractivity contribution in [1.82, 2.24) is 5.32 Å². The zero-order chi connectivity index (χ0) is 12.0. The van der Waals surface area contributed by atoms with Gasteiger partial charge in [0.2, 0.25) is 0 Å². The molecule has 1 aromatic carbocycles. The molecule has 1 atom stereocenters. The first-order valence-electron chi connectivity index (χ1n) is 5.18. The number of hydrogen-bond acceptors (Lipinski definition) is 3. The Kier molecular flexibility index (Phi) is 4.68. The van der Waals surface area contributed by atoms with Gasteiger partial charge >= 0.3 is 0 Å². The van der Waals surface area contributed by atoms with Gasteiger partial charge in [-0.15, -0.1) is 6.42 Å². The lowest BCUT2D eigenvalue weighted by Crippen LogP contribution is -2.20. The Hall–Kier alpha value is -1.66. The highest BCUT2D eigenvalue weighted by molar-refractivity contribution is 5.49. The smallest absolute Gasteiger partial charge is 0.128 e. The van der Waals surface area contributed by atoms with Crippen molar-refractivity contribution in [1.29, 1.82) is 0 Å². The van der Waals surface area contributed by atoms with E-state index in [1.165, 1.54) is 0 Å². The van der Waals surface area contributed by atoms with Crippen molar-refractivity contribution in [3.63, 3.8) is 0 Å². The molecule has 0 bridgehead atoms. The minimum Gasteiger partial charge on any atom is -0.496 e. The van der Waals surface area contributed by atoms with Gasteiger partial charge in [-0.05, 0) is 18.7 Å². The average molecular weight is 219 g/mol. The van der Waals surface area contributed by atoms with Crippen LogP contribution in [0.4, 0.5) is 0 Å². The van der Waals surface area contributed by atoms with E-state index in [1.54, 1.807) is 14.2 Å². The van der Waals surface area contributed by atoms with E-state index in [4.69, 9.17) is 15.9 Å². The molecule has 86 valence electrons. The highest BCUT2D eigenvalue weighted by atomic mass is 16.5. The third-order valence-electron chi connectivity index (χ3n) is 2.33. The molecular weight excluding hydrogens is 202 g/mol. The van der Waals surface area contributed by atoms with Gasteiger partial charge < -0.3 is 14.8 Å². The fourth-order valence-electron chi connectivity index (χ4n) is 1.61. The fraction of sp³-hybridized carbons (Fsp3) is 0.385. The molecule has 0 saturated carbocycles. The van der Waals surface area contributed by atoms with Crippen LogP contribution in [-0.2, 0) is 0 Å². The molecule has 0 aliphatic rings. The molecular formula is C13H17NO2. The summed E-state index contributed by atoms with van der Waals surface area (Å²) in [5.74, 6) is 4.18. The van der Waals surface area contributed by atoms with Gasteiger partial charge in [0.15, 0.2) is 0 Å². The van der Waals surface area contributed by atoms with Crippen LogP contribution in [0.5, 0.6) is 11.5 Å². The van der Waals surface area contributed by atoms with Crippen LogP contribution in [-0.4, -0.2) is 20.8 Å². The van der Waals surface area contributed by atoms with Crippen molar-refractivity contribution in [2.75, 3.05) is 20.8 Å². The second-order valence-corrected chi connectivity index (χ2v) is 3.23. The van der Waals surface area contributed by atoms with Crippen molar-refractivity contribution in [2.24, 2.45) is 0 Å². The summed E-state index contributed by atoms with van der Waals surface area (Å²) in [6, 6.07) is 5.43. The minimum absolute atomic E-state index is 0.198. The molecule has 3 nitrogen and oxygen atoms in total. The number of benzene rings is 1. The molecule has 0 amide bonds. The number of terminal acetylenes is 1. The molecule has 1 N–H and O–H groups in total. The molecule has 0 aliphatic heterocycles. The maximum atomic E-state index is 5.51. The average Bonchev–Trinajstić information content (AvgIpc) is 2.35. The van der Waals surface area contributed by atoms with Gasteiger partial charge in [-0.3, -0.25) is 0 Å². The molecule has 1 unspecified atom stereocenters. The first kappa shape index (κ1) is 12.4. The molecule has 0 aliphatic carbocycles. The van der Waals surface area contributed by atoms with Gasteiger partial charge in [-0.1, -0.05) is 18.9 Å². The van der Waals surface area contributed by atoms with Gasteiger partial charge in [0, 0.05) is 0 Å². The quantitative estimate of drug-likeness (QED) is 0.768. The molecule has 1 aromatic rings. The van der Waals surface area contributed by atoms with Gasteiger partial charge in [0.05, 0.1) is 19.8 Å². The summed E-state index contributed by atoms with van der Waals surface area (Å²) in [5, 5.41) is 3.20. The first-order chi connectivity index (χ1) is 7.78. The molecule has 0 aromatic heterocycles. The molecule has 0 heterocycles. The van der Waals surface area contributed by atoms with Gasteiger partial charge in [-0.25, -0.2) is 0 Å². The molecule has 0 fully saturated rings. The van der Waals surface area contributed by atoms with Gasteiger partial charge in [0.25, 0.3) is 0 Å². The van der Waals surface area contributed by atoms with Crippen LogP contribution in [0.15, 0.2) is 18.2 Å². The van der Waals surface area contributed by atoms with Crippen molar-refractivity contribution in [3.8, 4) is 23.8 Å². The lowest BCUT2D eigenvalue weighted by molar-refractivity contribution is 0.379. The summed E-state index contributed by atoms with van der Waals surface area (Å²) in [7, 11) is 3.25. The van der Waals surface area contributed by atoms with Crippen LogP contribution < -0.4 is 14.8 Å². The van der Waals surface area contributed by atoms with Crippen LogP contribution >= 0.6 is 0 Å². The number of rotatable bonds is 5. The van der Waals surface area contributed by atoms with Gasteiger partial charge in [0.1, 0.15) is 17.5 Å². The summed E-state index contributed by atoms with van der Waals surface area (Å²) < 4.78 is 10.6. The molecule has 1 rings (SSSR count). The second-order valence-electron chi connectivity index (χ2n) is 3.23. The number of hydrogen-bond donors (Lipinski definition) is 1. The maximum absolute atomic E-state index is 5.51. The second kappa shape index (κ2) is 6.04. The minimum atomic E-state index is -0.198. The lowest BCUT2D eigenvalue weighted by atomic mass is 10.0. The fourth-order valence-corrected chi connectivity index (χ4v) is 1.61. The van der Waals surface area contributed by atoms with Crippen LogP contribution in [0.25, 0.3) is 0 Å².